The van der Waals surface area contributed by atoms with Crippen molar-refractivity contribution < 1.29 is 14.3 Å². The maximum Gasteiger partial charge on any atom is 0.254 e. The van der Waals surface area contributed by atoms with Gasteiger partial charge in [-0.2, -0.15) is 0 Å². The summed E-state index contributed by atoms with van der Waals surface area (Å²) in [5.41, 5.74) is 3.91. The lowest BCUT2D eigenvalue weighted by atomic mass is 9.86. The highest BCUT2D eigenvalue weighted by molar-refractivity contribution is 7.99. The number of piperazine rings is 1. The van der Waals surface area contributed by atoms with E-state index in [1.165, 1.54) is 5.56 Å². The fraction of sp³-hybridized carbons (Fsp3) is 0.389. The lowest BCUT2D eigenvalue weighted by molar-refractivity contribution is -0.133. The van der Waals surface area contributed by atoms with Crippen LogP contribution in [0.1, 0.15) is 62.9 Å². The summed E-state index contributed by atoms with van der Waals surface area (Å²) >= 11 is 1.65. The number of thioether (sulfide) groups is 1. The summed E-state index contributed by atoms with van der Waals surface area (Å²) < 4.78 is 7.42. The molecule has 45 heavy (non-hydrogen) atoms. The van der Waals surface area contributed by atoms with E-state index in [9.17, 15) is 9.59 Å². The first-order valence-electron chi connectivity index (χ1n) is 15.6. The molecule has 4 aromatic rings. The number of unbranched alkanes of at least 4 members (excludes halogenated alkanes) is 1. The largest absolute Gasteiger partial charge is 0.497 e. The Hall–Kier alpha value is -4.11. The highest BCUT2D eigenvalue weighted by atomic mass is 32.2. The number of rotatable bonds is 10. The Balaban J connectivity index is 1.12. The van der Waals surface area contributed by atoms with Gasteiger partial charge in [-0.05, 0) is 67.1 Å². The average molecular weight is 626 g/mol. The monoisotopic (exact) mass is 625 g/mol. The number of methoxy groups -OCH3 is 1. The zero-order valence-corrected chi connectivity index (χ0v) is 27.7. The van der Waals surface area contributed by atoms with Gasteiger partial charge in [-0.15, -0.1) is 10.2 Å². The summed E-state index contributed by atoms with van der Waals surface area (Å²) in [4.78, 5) is 30.1. The first-order valence-corrected chi connectivity index (χ1v) is 16.6. The van der Waals surface area contributed by atoms with Crippen LogP contribution in [0.5, 0.6) is 5.75 Å². The highest BCUT2D eigenvalue weighted by Gasteiger charge is 2.30. The van der Waals surface area contributed by atoms with Crippen molar-refractivity contribution in [2.24, 2.45) is 0 Å². The Kier molecular flexibility index (Phi) is 10.3. The number of benzene rings is 3. The first kappa shape index (κ1) is 32.3. The summed E-state index contributed by atoms with van der Waals surface area (Å²) in [6.07, 6.45) is 2.17. The molecule has 1 fully saturated rings. The van der Waals surface area contributed by atoms with Crippen molar-refractivity contribution in [3.8, 4) is 22.8 Å². The van der Waals surface area contributed by atoms with Gasteiger partial charge in [0.1, 0.15) is 5.75 Å². The van der Waals surface area contributed by atoms with E-state index < -0.39 is 0 Å². The SMILES string of the molecule is COc1ccc(-n2c(SCCCCC(=O)N3CCN(C(=O)c4ccc(C(C)(C)C)cc4)C(C)C3)nnc2-c2ccccc2)cc1. The third kappa shape index (κ3) is 7.76. The van der Waals surface area contributed by atoms with Crippen LogP contribution in [0.3, 0.4) is 0 Å². The van der Waals surface area contributed by atoms with Gasteiger partial charge in [0.05, 0.1) is 7.11 Å². The van der Waals surface area contributed by atoms with Crippen molar-refractivity contribution in [1.29, 1.82) is 0 Å². The quantitative estimate of drug-likeness (QED) is 0.141. The van der Waals surface area contributed by atoms with Crippen molar-refractivity contribution in [3.05, 3.63) is 90.0 Å². The predicted molar refractivity (Wildman–Crippen MR) is 180 cm³/mol. The normalized spacial score (nSPS) is 15.3. The van der Waals surface area contributed by atoms with Gasteiger partial charge in [0.2, 0.25) is 5.91 Å². The molecule has 1 saturated heterocycles. The number of carbonyl (C=O) groups excluding carboxylic acids is 2. The van der Waals surface area contributed by atoms with Gasteiger partial charge < -0.3 is 14.5 Å². The molecule has 1 aliphatic heterocycles. The standard InChI is InChI=1S/C36H43N5O3S/c1-26-25-39(22-23-40(26)34(43)28-14-16-29(17-15-28)36(2,3)4)32(42)13-9-10-24-45-35-38-37-33(27-11-7-6-8-12-27)41(35)30-18-20-31(44-5)21-19-30/h6-8,11-12,14-21,26H,9-10,13,22-25H2,1-5H3. The molecule has 0 bridgehead atoms. The van der Waals surface area contributed by atoms with Crippen molar-refractivity contribution in [2.45, 2.75) is 63.6 Å². The third-order valence-corrected chi connectivity index (χ3v) is 9.27. The molecule has 1 aromatic heterocycles. The van der Waals surface area contributed by atoms with E-state index in [1.807, 2.05) is 95.6 Å². The van der Waals surface area contributed by atoms with Gasteiger partial charge in [-0.25, -0.2) is 0 Å². The zero-order valence-electron chi connectivity index (χ0n) is 26.9. The number of nitrogens with zero attached hydrogens (tertiary/aromatic N) is 5. The summed E-state index contributed by atoms with van der Waals surface area (Å²) in [6.45, 7) is 10.2. The Morgan fingerprint density at radius 3 is 2.27 bits per heavy atom. The van der Waals surface area contributed by atoms with E-state index in [1.54, 1.807) is 18.9 Å². The highest BCUT2D eigenvalue weighted by Crippen LogP contribution is 2.30. The Bertz CT molecular complexity index is 1580. The van der Waals surface area contributed by atoms with Crippen LogP contribution in [0.25, 0.3) is 17.1 Å². The minimum atomic E-state index is -0.0313. The second-order valence-corrected chi connectivity index (χ2v) is 13.6. The molecule has 2 amide bonds. The third-order valence-electron chi connectivity index (χ3n) is 8.25. The molecule has 236 valence electrons. The maximum atomic E-state index is 13.2. The van der Waals surface area contributed by atoms with E-state index in [0.29, 0.717) is 31.6 Å². The smallest absolute Gasteiger partial charge is 0.254 e. The second-order valence-electron chi connectivity index (χ2n) is 12.5. The number of carbonyl (C=O) groups is 2. The van der Waals surface area contributed by atoms with Crippen LogP contribution in [0.15, 0.2) is 84.0 Å². The molecular formula is C36H43N5O3S. The van der Waals surface area contributed by atoms with E-state index in [-0.39, 0.29) is 23.3 Å². The summed E-state index contributed by atoms with van der Waals surface area (Å²) in [5, 5.41) is 9.86. The number of hydrogen-bond donors (Lipinski definition) is 0. The van der Waals surface area contributed by atoms with Gasteiger partial charge in [-0.3, -0.25) is 14.2 Å². The molecule has 2 heterocycles. The topological polar surface area (TPSA) is 80.6 Å². The molecular weight excluding hydrogens is 582 g/mol. The number of ether oxygens (including phenoxy) is 1. The van der Waals surface area contributed by atoms with Gasteiger partial charge in [-0.1, -0.05) is 75.0 Å². The fourth-order valence-corrected chi connectivity index (χ4v) is 6.52. The van der Waals surface area contributed by atoms with E-state index >= 15 is 0 Å². The van der Waals surface area contributed by atoms with Gasteiger partial charge >= 0.3 is 0 Å². The number of amides is 2. The average Bonchev–Trinajstić information content (AvgIpc) is 3.48. The number of hydrogen-bond acceptors (Lipinski definition) is 6. The predicted octanol–water partition coefficient (Wildman–Crippen LogP) is 6.88. The zero-order chi connectivity index (χ0) is 32.0. The Morgan fingerprint density at radius 2 is 1.62 bits per heavy atom. The van der Waals surface area contributed by atoms with Crippen LogP contribution in [0, 0.1) is 0 Å². The van der Waals surface area contributed by atoms with Gasteiger partial charge in [0.15, 0.2) is 11.0 Å². The summed E-state index contributed by atoms with van der Waals surface area (Å²) in [7, 11) is 1.66. The van der Waals surface area contributed by atoms with Crippen LogP contribution in [-0.4, -0.2) is 74.9 Å². The minimum absolute atomic E-state index is 0.0313. The first-order chi connectivity index (χ1) is 21.7. The van der Waals surface area contributed by atoms with E-state index in [4.69, 9.17) is 4.74 Å². The molecule has 0 N–H and O–H groups in total. The molecule has 3 aromatic carbocycles. The molecule has 5 rings (SSSR count). The van der Waals surface area contributed by atoms with Crippen LogP contribution in [0.4, 0.5) is 0 Å². The van der Waals surface area contributed by atoms with Crippen LogP contribution in [-0.2, 0) is 10.2 Å². The fourth-order valence-electron chi connectivity index (χ4n) is 5.57. The van der Waals surface area contributed by atoms with Crippen molar-refractivity contribution >= 4 is 23.6 Å². The second kappa shape index (κ2) is 14.3. The summed E-state index contributed by atoms with van der Waals surface area (Å²) in [6, 6.07) is 25.8. The van der Waals surface area contributed by atoms with Crippen molar-refractivity contribution in [3.63, 3.8) is 0 Å². The molecule has 1 atom stereocenters. The molecule has 0 radical (unpaired) electrons. The molecule has 1 aliphatic rings. The molecule has 8 nitrogen and oxygen atoms in total. The minimum Gasteiger partial charge on any atom is -0.497 e. The Morgan fingerprint density at radius 1 is 0.911 bits per heavy atom. The van der Waals surface area contributed by atoms with Crippen LogP contribution < -0.4 is 4.74 Å². The molecule has 9 heteroatoms. The van der Waals surface area contributed by atoms with E-state index in [0.717, 1.165) is 46.6 Å². The van der Waals surface area contributed by atoms with Gasteiger partial charge in [0, 0.05) is 54.7 Å². The van der Waals surface area contributed by atoms with Crippen molar-refractivity contribution in [1.82, 2.24) is 24.6 Å². The molecule has 0 spiro atoms. The van der Waals surface area contributed by atoms with E-state index in [2.05, 4.69) is 35.5 Å². The van der Waals surface area contributed by atoms with Gasteiger partial charge in [0.25, 0.3) is 5.91 Å². The lowest BCUT2D eigenvalue weighted by Crippen LogP contribution is -2.55. The Labute approximate surface area is 270 Å². The molecule has 1 unspecified atom stereocenters. The molecule has 0 saturated carbocycles. The molecule has 0 aliphatic carbocycles. The van der Waals surface area contributed by atoms with Crippen LogP contribution in [0.2, 0.25) is 0 Å². The lowest BCUT2D eigenvalue weighted by Gasteiger charge is -2.40. The van der Waals surface area contributed by atoms with Crippen molar-refractivity contribution in [2.75, 3.05) is 32.5 Å². The number of aromatic nitrogens is 3. The maximum absolute atomic E-state index is 13.2. The summed E-state index contributed by atoms with van der Waals surface area (Å²) in [5.74, 6) is 2.59. The van der Waals surface area contributed by atoms with Crippen LogP contribution >= 0.6 is 11.8 Å².